The molecule has 0 saturated heterocycles. The number of rotatable bonds is 5. The molecule has 2 nitrogen and oxygen atoms in total. The Hall–Kier alpha value is -0.810. The Labute approximate surface area is 103 Å². The average Bonchev–Trinajstić information content (AvgIpc) is 2.24. The molecule has 1 aromatic rings. The standard InChI is InChI=1S/C11H14ClF3N2/c1-16-10(3-2-5-11(13,14)15)8-4-6-17-7-9(8)12/h4,6-7,10,16H,2-3,5H2,1H3. The lowest BCUT2D eigenvalue weighted by molar-refractivity contribution is -0.135. The summed E-state index contributed by atoms with van der Waals surface area (Å²) < 4.78 is 36.1. The highest BCUT2D eigenvalue weighted by atomic mass is 35.5. The molecule has 0 aliphatic heterocycles. The molecule has 0 saturated carbocycles. The predicted octanol–water partition coefficient (Wildman–Crippen LogP) is 3.73. The van der Waals surface area contributed by atoms with Crippen molar-refractivity contribution in [3.8, 4) is 0 Å². The van der Waals surface area contributed by atoms with E-state index in [9.17, 15) is 13.2 Å². The number of hydrogen-bond donors (Lipinski definition) is 1. The van der Waals surface area contributed by atoms with Gasteiger partial charge in [0.25, 0.3) is 0 Å². The number of pyridine rings is 1. The molecule has 0 bridgehead atoms. The summed E-state index contributed by atoms with van der Waals surface area (Å²) in [5.41, 5.74) is 0.784. The highest BCUT2D eigenvalue weighted by Gasteiger charge is 2.26. The van der Waals surface area contributed by atoms with Crippen molar-refractivity contribution in [3.63, 3.8) is 0 Å². The van der Waals surface area contributed by atoms with Gasteiger partial charge in [0.2, 0.25) is 0 Å². The summed E-state index contributed by atoms with van der Waals surface area (Å²) in [5, 5.41) is 3.44. The van der Waals surface area contributed by atoms with Gasteiger partial charge in [0, 0.05) is 24.9 Å². The number of nitrogens with zero attached hydrogens (tertiary/aromatic N) is 1. The Morgan fingerprint density at radius 3 is 2.71 bits per heavy atom. The lowest BCUT2D eigenvalue weighted by atomic mass is 10.0. The summed E-state index contributed by atoms with van der Waals surface area (Å²) in [7, 11) is 1.70. The average molecular weight is 267 g/mol. The maximum Gasteiger partial charge on any atom is 0.389 e. The van der Waals surface area contributed by atoms with Gasteiger partial charge in [-0.1, -0.05) is 11.6 Å². The zero-order valence-corrected chi connectivity index (χ0v) is 10.1. The molecule has 0 spiro atoms. The quantitative estimate of drug-likeness (QED) is 0.878. The van der Waals surface area contributed by atoms with E-state index in [-0.39, 0.29) is 12.5 Å². The third-order valence-corrected chi connectivity index (χ3v) is 2.80. The van der Waals surface area contributed by atoms with E-state index in [2.05, 4.69) is 10.3 Å². The van der Waals surface area contributed by atoms with Gasteiger partial charge in [-0.25, -0.2) is 0 Å². The van der Waals surface area contributed by atoms with E-state index in [0.717, 1.165) is 5.56 Å². The van der Waals surface area contributed by atoms with Crippen LogP contribution in [-0.2, 0) is 0 Å². The highest BCUT2D eigenvalue weighted by molar-refractivity contribution is 6.31. The van der Waals surface area contributed by atoms with E-state index < -0.39 is 12.6 Å². The third kappa shape index (κ3) is 4.91. The first kappa shape index (κ1) is 14.3. The van der Waals surface area contributed by atoms with Crippen molar-refractivity contribution in [3.05, 3.63) is 29.0 Å². The van der Waals surface area contributed by atoms with Crippen molar-refractivity contribution in [2.75, 3.05) is 7.05 Å². The van der Waals surface area contributed by atoms with Crippen molar-refractivity contribution < 1.29 is 13.2 Å². The van der Waals surface area contributed by atoms with Crippen molar-refractivity contribution in [1.82, 2.24) is 10.3 Å². The Morgan fingerprint density at radius 1 is 1.47 bits per heavy atom. The summed E-state index contributed by atoms with van der Waals surface area (Å²) in [6.07, 6.45) is -1.33. The van der Waals surface area contributed by atoms with Crippen molar-refractivity contribution in [2.24, 2.45) is 0 Å². The fraction of sp³-hybridized carbons (Fsp3) is 0.545. The molecule has 1 aromatic heterocycles. The monoisotopic (exact) mass is 266 g/mol. The number of aromatic nitrogens is 1. The molecule has 0 aliphatic rings. The first-order valence-electron chi connectivity index (χ1n) is 5.27. The number of halogens is 4. The minimum atomic E-state index is -4.10. The molecule has 1 heterocycles. The van der Waals surface area contributed by atoms with Gasteiger partial charge in [-0.15, -0.1) is 0 Å². The maximum absolute atomic E-state index is 12.0. The topological polar surface area (TPSA) is 24.9 Å². The molecule has 1 rings (SSSR count). The van der Waals surface area contributed by atoms with Gasteiger partial charge in [-0.3, -0.25) is 4.98 Å². The van der Waals surface area contributed by atoms with Crippen LogP contribution in [0.1, 0.15) is 30.9 Å². The molecule has 1 N–H and O–H groups in total. The number of alkyl halides is 3. The van der Waals surface area contributed by atoms with Gasteiger partial charge in [0.05, 0.1) is 5.02 Å². The normalized spacial score (nSPS) is 13.7. The second kappa shape index (κ2) is 6.21. The summed E-state index contributed by atoms with van der Waals surface area (Å²) in [4.78, 5) is 3.84. The zero-order chi connectivity index (χ0) is 12.9. The fourth-order valence-corrected chi connectivity index (χ4v) is 1.88. The molecule has 6 heteroatoms. The molecule has 17 heavy (non-hydrogen) atoms. The second-order valence-corrected chi connectivity index (χ2v) is 4.15. The largest absolute Gasteiger partial charge is 0.389 e. The van der Waals surface area contributed by atoms with E-state index in [1.807, 2.05) is 0 Å². The Balaban J connectivity index is 2.58. The lowest BCUT2D eigenvalue weighted by Crippen LogP contribution is -2.18. The highest BCUT2D eigenvalue weighted by Crippen LogP contribution is 2.28. The van der Waals surface area contributed by atoms with E-state index >= 15 is 0 Å². The molecule has 96 valence electrons. The summed E-state index contributed by atoms with van der Waals surface area (Å²) in [5.74, 6) is 0. The Bertz CT molecular complexity index is 355. The second-order valence-electron chi connectivity index (χ2n) is 3.75. The zero-order valence-electron chi connectivity index (χ0n) is 9.39. The van der Waals surface area contributed by atoms with E-state index in [4.69, 9.17) is 11.6 Å². The summed E-state index contributed by atoms with van der Waals surface area (Å²) >= 11 is 5.94. The minimum absolute atomic E-state index is 0.0770. The van der Waals surface area contributed by atoms with Crippen LogP contribution in [0.25, 0.3) is 0 Å². The first-order chi connectivity index (χ1) is 7.94. The van der Waals surface area contributed by atoms with Crippen molar-refractivity contribution >= 4 is 11.6 Å². The minimum Gasteiger partial charge on any atom is -0.313 e. The molecule has 0 amide bonds. The molecule has 1 unspecified atom stereocenters. The molecular weight excluding hydrogens is 253 g/mol. The van der Waals surface area contributed by atoms with Gasteiger partial charge in [0.1, 0.15) is 0 Å². The summed E-state index contributed by atoms with van der Waals surface area (Å²) in [6, 6.07) is 1.55. The van der Waals surface area contributed by atoms with Crippen LogP contribution < -0.4 is 5.32 Å². The molecule has 0 fully saturated rings. The smallest absolute Gasteiger partial charge is 0.313 e. The Kier molecular flexibility index (Phi) is 5.21. The summed E-state index contributed by atoms with van der Waals surface area (Å²) in [6.45, 7) is 0. The van der Waals surface area contributed by atoms with Crippen molar-refractivity contribution in [2.45, 2.75) is 31.5 Å². The van der Waals surface area contributed by atoms with Crippen LogP contribution in [0, 0.1) is 0 Å². The van der Waals surface area contributed by atoms with Gasteiger partial charge in [-0.2, -0.15) is 13.2 Å². The molecule has 0 aromatic carbocycles. The molecule has 1 atom stereocenters. The molecule has 0 aliphatic carbocycles. The van der Waals surface area contributed by atoms with Gasteiger partial charge in [0.15, 0.2) is 0 Å². The van der Waals surface area contributed by atoms with Crippen molar-refractivity contribution in [1.29, 1.82) is 0 Å². The molecular formula is C11H14ClF3N2. The number of nitrogens with one attached hydrogen (secondary N) is 1. The SMILES string of the molecule is CNC(CCCC(F)(F)F)c1ccncc1Cl. The van der Waals surface area contributed by atoms with Gasteiger partial charge < -0.3 is 5.32 Å². The predicted molar refractivity (Wildman–Crippen MR) is 61.0 cm³/mol. The van der Waals surface area contributed by atoms with Crippen LogP contribution in [-0.4, -0.2) is 18.2 Å². The van der Waals surface area contributed by atoms with Crippen LogP contribution in [0.3, 0.4) is 0 Å². The van der Waals surface area contributed by atoms with E-state index in [1.54, 1.807) is 19.3 Å². The van der Waals surface area contributed by atoms with Gasteiger partial charge >= 0.3 is 6.18 Å². The van der Waals surface area contributed by atoms with Crippen LogP contribution in [0.15, 0.2) is 18.5 Å². The van der Waals surface area contributed by atoms with Crippen LogP contribution >= 0.6 is 11.6 Å². The number of hydrogen-bond acceptors (Lipinski definition) is 2. The first-order valence-corrected chi connectivity index (χ1v) is 5.65. The van der Waals surface area contributed by atoms with E-state index in [0.29, 0.717) is 11.4 Å². The van der Waals surface area contributed by atoms with Crippen LogP contribution in [0.4, 0.5) is 13.2 Å². The Morgan fingerprint density at radius 2 is 2.18 bits per heavy atom. The van der Waals surface area contributed by atoms with Gasteiger partial charge in [-0.05, 0) is 31.5 Å². The lowest BCUT2D eigenvalue weighted by Gasteiger charge is -2.18. The molecule has 0 radical (unpaired) electrons. The van der Waals surface area contributed by atoms with E-state index in [1.165, 1.54) is 6.20 Å². The van der Waals surface area contributed by atoms with Crippen LogP contribution in [0.5, 0.6) is 0 Å². The van der Waals surface area contributed by atoms with Crippen LogP contribution in [0.2, 0.25) is 5.02 Å². The fourth-order valence-electron chi connectivity index (χ4n) is 1.63. The maximum atomic E-state index is 12.0. The third-order valence-electron chi connectivity index (χ3n) is 2.48.